The molecule has 0 spiro atoms. The fourth-order valence-corrected chi connectivity index (χ4v) is 1.89. The van der Waals surface area contributed by atoms with Gasteiger partial charge in [-0.2, -0.15) is 15.5 Å². The van der Waals surface area contributed by atoms with Crippen molar-refractivity contribution < 1.29 is 0 Å². The Bertz CT molecular complexity index is 679. The van der Waals surface area contributed by atoms with Crippen molar-refractivity contribution in [3.63, 3.8) is 0 Å². The van der Waals surface area contributed by atoms with Gasteiger partial charge in [-0.1, -0.05) is 0 Å². The first-order valence-electron chi connectivity index (χ1n) is 4.83. The molecule has 0 unspecified atom stereocenters. The minimum atomic E-state index is -0.375. The number of halogens is 1. The molecule has 1 aromatic carbocycles. The number of hydrogen-bond donors (Lipinski definition) is 4. The molecule has 0 bridgehead atoms. The maximum absolute atomic E-state index is 8.69. The third-order valence-electron chi connectivity index (χ3n) is 2.17. The Balaban J connectivity index is 2.28. The summed E-state index contributed by atoms with van der Waals surface area (Å²) in [5, 5.41) is 27.5. The van der Waals surface area contributed by atoms with Gasteiger partial charge in [0.05, 0.1) is 11.2 Å². The van der Waals surface area contributed by atoms with Gasteiger partial charge in [0, 0.05) is 5.39 Å². The molecule has 7 nitrogen and oxygen atoms in total. The number of hydrazone groups is 1. The molecule has 5 N–H and O–H groups in total. The molecule has 1 aromatic heterocycles. The molecule has 0 aliphatic rings. The summed E-state index contributed by atoms with van der Waals surface area (Å²) in [4.78, 5) is 0. The van der Waals surface area contributed by atoms with Crippen LogP contribution in [0.5, 0.6) is 0 Å². The zero-order valence-electron chi connectivity index (χ0n) is 9.03. The molecule has 0 aliphatic carbocycles. The molecule has 0 saturated heterocycles. The van der Waals surface area contributed by atoms with E-state index in [1.807, 2.05) is 6.07 Å². The van der Waals surface area contributed by atoms with Gasteiger partial charge < -0.3 is 5.73 Å². The Morgan fingerprint density at radius 3 is 3.06 bits per heavy atom. The molecule has 90 valence electrons. The van der Waals surface area contributed by atoms with E-state index in [2.05, 4.69) is 43.3 Å². The molecule has 0 radical (unpaired) electrons. The summed E-state index contributed by atoms with van der Waals surface area (Å²) in [6.45, 7) is 0. The van der Waals surface area contributed by atoms with E-state index in [1.165, 1.54) is 0 Å². The molecule has 0 atom stereocenters. The first-order chi connectivity index (χ1) is 8.61. The van der Waals surface area contributed by atoms with Crippen LogP contribution in [0.3, 0.4) is 0 Å². The lowest BCUT2D eigenvalue weighted by atomic mass is 10.2. The first kappa shape index (κ1) is 12.3. The molecule has 2 rings (SSSR count). The van der Waals surface area contributed by atoms with Crippen LogP contribution < -0.4 is 11.2 Å². The van der Waals surface area contributed by atoms with Gasteiger partial charge >= 0.3 is 0 Å². The largest absolute Gasteiger partial charge is 0.382 e. The van der Waals surface area contributed by atoms with E-state index >= 15 is 0 Å². The van der Waals surface area contributed by atoms with Crippen LogP contribution in [0.2, 0.25) is 0 Å². The van der Waals surface area contributed by atoms with Gasteiger partial charge in [0.2, 0.25) is 5.71 Å². The van der Waals surface area contributed by atoms with Crippen LogP contribution in [-0.4, -0.2) is 21.7 Å². The lowest BCUT2D eigenvalue weighted by molar-refractivity contribution is 1.09. The molecule has 18 heavy (non-hydrogen) atoms. The average Bonchev–Trinajstić information content (AvgIpc) is 2.71. The van der Waals surface area contributed by atoms with E-state index in [0.717, 1.165) is 14.6 Å². The molecule has 0 saturated carbocycles. The fourth-order valence-electron chi connectivity index (χ4n) is 1.31. The smallest absolute Gasteiger partial charge is 0.201 e. The molecule has 0 fully saturated rings. The van der Waals surface area contributed by atoms with Crippen molar-refractivity contribution in [1.82, 2.24) is 10.2 Å². The Kier molecular flexibility index (Phi) is 3.42. The highest BCUT2D eigenvalue weighted by atomic mass is 127. The zero-order chi connectivity index (χ0) is 13.1. The number of aromatic nitrogens is 2. The van der Waals surface area contributed by atoms with Gasteiger partial charge in [0.25, 0.3) is 0 Å². The fraction of sp³-hybridized carbons (Fsp3) is 0. The molecule has 1 heterocycles. The number of nitriles is 1. The maximum atomic E-state index is 8.69. The van der Waals surface area contributed by atoms with Crippen molar-refractivity contribution in [3.05, 3.63) is 21.9 Å². The number of amidine groups is 1. The normalized spacial score (nSPS) is 11.2. The van der Waals surface area contributed by atoms with Crippen LogP contribution in [0.1, 0.15) is 0 Å². The van der Waals surface area contributed by atoms with Gasteiger partial charge in [-0.15, -0.1) is 0 Å². The summed E-state index contributed by atoms with van der Waals surface area (Å²) in [6.07, 6.45) is 0. The third kappa shape index (κ3) is 2.40. The van der Waals surface area contributed by atoms with Crippen molar-refractivity contribution in [2.24, 2.45) is 10.8 Å². The second-order valence-corrected chi connectivity index (χ2v) is 4.45. The number of rotatable bonds is 3. The molecular weight excluding hydrogens is 345 g/mol. The molecule has 8 heteroatoms. The van der Waals surface area contributed by atoms with E-state index in [9.17, 15) is 0 Å². The van der Waals surface area contributed by atoms with Crippen molar-refractivity contribution in [3.8, 4) is 6.07 Å². The van der Waals surface area contributed by atoms with E-state index in [4.69, 9.17) is 16.4 Å². The van der Waals surface area contributed by atoms with Gasteiger partial charge in [0.1, 0.15) is 9.77 Å². The van der Waals surface area contributed by atoms with Crippen LogP contribution in [0.4, 0.5) is 5.69 Å². The number of aromatic amines is 1. The summed E-state index contributed by atoms with van der Waals surface area (Å²) in [5.74, 6) is -0.375. The predicted octanol–water partition coefficient (Wildman–Crippen LogP) is 1.39. The first-order valence-corrected chi connectivity index (χ1v) is 5.91. The average molecular weight is 353 g/mol. The van der Waals surface area contributed by atoms with Gasteiger partial charge in [-0.3, -0.25) is 15.9 Å². The lowest BCUT2D eigenvalue weighted by Gasteiger charge is -2.00. The van der Waals surface area contributed by atoms with E-state index in [1.54, 1.807) is 18.2 Å². The maximum Gasteiger partial charge on any atom is 0.201 e. The summed E-state index contributed by atoms with van der Waals surface area (Å²) in [5.41, 5.74) is 9.14. The van der Waals surface area contributed by atoms with Crippen LogP contribution in [0.25, 0.3) is 10.9 Å². The van der Waals surface area contributed by atoms with E-state index < -0.39 is 0 Å². The van der Waals surface area contributed by atoms with Crippen molar-refractivity contribution in [2.75, 3.05) is 5.43 Å². The number of nitrogens with one attached hydrogen (secondary N) is 3. The predicted molar refractivity (Wildman–Crippen MR) is 77.4 cm³/mol. The Morgan fingerprint density at radius 2 is 2.39 bits per heavy atom. The molecule has 0 aliphatic heterocycles. The van der Waals surface area contributed by atoms with Crippen LogP contribution in [0, 0.1) is 20.4 Å². The highest BCUT2D eigenvalue weighted by Crippen LogP contribution is 2.21. The molecule has 2 aromatic rings. The summed E-state index contributed by atoms with van der Waals surface area (Å²) in [7, 11) is 0. The Morgan fingerprint density at radius 1 is 1.61 bits per heavy atom. The third-order valence-corrected chi connectivity index (χ3v) is 2.99. The number of H-pyrrole nitrogens is 1. The van der Waals surface area contributed by atoms with E-state index in [0.29, 0.717) is 5.69 Å². The molecule has 0 amide bonds. The molecular formula is C10H8IN7. The lowest BCUT2D eigenvalue weighted by Crippen LogP contribution is -2.21. The second-order valence-electron chi connectivity index (χ2n) is 3.37. The highest BCUT2D eigenvalue weighted by Gasteiger charge is 2.04. The number of hydrogen-bond acceptors (Lipinski definition) is 5. The number of benzene rings is 1. The summed E-state index contributed by atoms with van der Waals surface area (Å²) in [6, 6.07) is 7.20. The van der Waals surface area contributed by atoms with E-state index in [-0.39, 0.29) is 11.5 Å². The van der Waals surface area contributed by atoms with Crippen molar-refractivity contribution >= 4 is 50.7 Å². The second kappa shape index (κ2) is 5.01. The monoisotopic (exact) mass is 353 g/mol. The topological polar surface area (TPSA) is 127 Å². The van der Waals surface area contributed by atoms with Crippen LogP contribution >= 0.6 is 22.6 Å². The summed E-state index contributed by atoms with van der Waals surface area (Å²) < 4.78 is 0.958. The van der Waals surface area contributed by atoms with Gasteiger partial charge in [-0.05, 0) is 40.8 Å². The Labute approximate surface area is 116 Å². The van der Waals surface area contributed by atoms with Crippen molar-refractivity contribution in [2.45, 2.75) is 0 Å². The standard InChI is InChI=1S/C10H8IN7/c11-9-6-2-1-5(3-7(6)16-18-9)15-17-8(4-12)10(13)14/h1-3,15H,(H3,13,14)(H,16,18)/b17-8+. The summed E-state index contributed by atoms with van der Waals surface area (Å²) >= 11 is 2.16. The van der Waals surface area contributed by atoms with Gasteiger partial charge in [-0.25, -0.2) is 0 Å². The zero-order valence-corrected chi connectivity index (χ0v) is 11.2. The number of anilines is 1. The Hall–Kier alpha value is -2.15. The minimum Gasteiger partial charge on any atom is -0.382 e. The minimum absolute atomic E-state index is 0.160. The van der Waals surface area contributed by atoms with Crippen molar-refractivity contribution in [1.29, 1.82) is 10.7 Å². The quantitative estimate of drug-likeness (QED) is 0.288. The van der Waals surface area contributed by atoms with Crippen LogP contribution in [0.15, 0.2) is 23.3 Å². The van der Waals surface area contributed by atoms with Gasteiger partial charge in [0.15, 0.2) is 5.84 Å². The number of fused-ring (bicyclic) bond motifs is 1. The number of nitrogens with zero attached hydrogens (tertiary/aromatic N) is 3. The van der Waals surface area contributed by atoms with Crippen LogP contribution in [-0.2, 0) is 0 Å². The number of nitrogens with two attached hydrogens (primary N) is 1. The SMILES string of the molecule is N#C/C(=N\Nc1ccc2c(I)[nH]nc2c1)C(=N)N. The highest BCUT2D eigenvalue weighted by molar-refractivity contribution is 14.1.